The van der Waals surface area contributed by atoms with Crippen LogP contribution in [0.3, 0.4) is 0 Å². The van der Waals surface area contributed by atoms with E-state index in [0.717, 1.165) is 4.90 Å². The second-order valence-corrected chi connectivity index (χ2v) is 4.53. The van der Waals surface area contributed by atoms with Crippen LogP contribution in [0.5, 0.6) is 5.75 Å². The van der Waals surface area contributed by atoms with Gasteiger partial charge in [0.05, 0.1) is 12.1 Å². The van der Waals surface area contributed by atoms with E-state index in [0.29, 0.717) is 11.4 Å². The molecule has 104 valence electrons. The van der Waals surface area contributed by atoms with Gasteiger partial charge in [-0.1, -0.05) is 0 Å². The number of phenols is 1. The molecule has 0 fully saturated rings. The molecule has 0 aromatic heterocycles. The highest BCUT2D eigenvalue weighted by Gasteiger charge is 2.24. The molecule has 20 heavy (non-hydrogen) atoms. The largest absolute Gasteiger partial charge is 0.507 e. The van der Waals surface area contributed by atoms with E-state index >= 15 is 0 Å². The Labute approximate surface area is 115 Å². The van der Waals surface area contributed by atoms with Gasteiger partial charge >= 0.3 is 0 Å². The summed E-state index contributed by atoms with van der Waals surface area (Å²) in [6.07, 6.45) is 1.33. The number of carbonyl (C=O) groups is 3. The minimum atomic E-state index is -0.371. The number of amides is 2. The predicted octanol–water partition coefficient (Wildman–Crippen LogP) is 1.28. The van der Waals surface area contributed by atoms with Crippen molar-refractivity contribution >= 4 is 23.3 Å². The SMILES string of the molecule is CC(=O)c1ccc(NC2=CC(=O)N(C(C)=O)C2)cc1O. The maximum absolute atomic E-state index is 11.5. The summed E-state index contributed by atoms with van der Waals surface area (Å²) in [5.41, 5.74) is 1.33. The van der Waals surface area contributed by atoms with Gasteiger partial charge in [0.2, 0.25) is 5.91 Å². The Hall–Kier alpha value is -2.63. The number of hydrogen-bond acceptors (Lipinski definition) is 5. The summed E-state index contributed by atoms with van der Waals surface area (Å²) in [5.74, 6) is -1.05. The molecule has 0 bridgehead atoms. The van der Waals surface area contributed by atoms with Crippen molar-refractivity contribution < 1.29 is 19.5 Å². The molecule has 2 rings (SSSR count). The van der Waals surface area contributed by atoms with Crippen LogP contribution in [0.15, 0.2) is 30.0 Å². The first-order chi connectivity index (χ1) is 9.38. The molecule has 1 aromatic rings. The van der Waals surface area contributed by atoms with Gasteiger partial charge in [-0.2, -0.15) is 0 Å². The van der Waals surface area contributed by atoms with Gasteiger partial charge in [0, 0.05) is 30.5 Å². The fourth-order valence-electron chi connectivity index (χ4n) is 1.96. The van der Waals surface area contributed by atoms with Gasteiger partial charge in [0.25, 0.3) is 5.91 Å². The minimum absolute atomic E-state index is 0.129. The molecule has 6 heteroatoms. The molecular weight excluding hydrogens is 260 g/mol. The number of benzene rings is 1. The molecule has 1 aliphatic heterocycles. The van der Waals surface area contributed by atoms with Gasteiger partial charge in [-0.3, -0.25) is 19.3 Å². The Morgan fingerprint density at radius 1 is 1.30 bits per heavy atom. The molecule has 0 radical (unpaired) electrons. The zero-order valence-corrected chi connectivity index (χ0v) is 11.1. The Kier molecular flexibility index (Phi) is 3.56. The lowest BCUT2D eigenvalue weighted by atomic mass is 10.1. The van der Waals surface area contributed by atoms with Gasteiger partial charge in [0.1, 0.15) is 5.75 Å². The van der Waals surface area contributed by atoms with Crippen LogP contribution in [-0.2, 0) is 9.59 Å². The second-order valence-electron chi connectivity index (χ2n) is 4.53. The van der Waals surface area contributed by atoms with Crippen molar-refractivity contribution in [2.24, 2.45) is 0 Å². The molecule has 2 N–H and O–H groups in total. The van der Waals surface area contributed by atoms with Gasteiger partial charge < -0.3 is 10.4 Å². The molecule has 0 spiro atoms. The number of hydrogen-bond donors (Lipinski definition) is 2. The molecule has 1 heterocycles. The molecular formula is C14H14N2O4. The van der Waals surface area contributed by atoms with Crippen molar-refractivity contribution in [1.29, 1.82) is 0 Å². The first kappa shape index (κ1) is 13.8. The third-order valence-electron chi connectivity index (χ3n) is 2.95. The maximum Gasteiger partial charge on any atom is 0.255 e. The summed E-state index contributed by atoms with van der Waals surface area (Å²) in [6, 6.07) is 4.52. The van der Waals surface area contributed by atoms with Crippen LogP contribution in [-0.4, -0.2) is 34.1 Å². The number of anilines is 1. The first-order valence-corrected chi connectivity index (χ1v) is 6.02. The molecule has 6 nitrogen and oxygen atoms in total. The maximum atomic E-state index is 11.5. The fourth-order valence-corrected chi connectivity index (χ4v) is 1.96. The van der Waals surface area contributed by atoms with Gasteiger partial charge in [-0.25, -0.2) is 0 Å². The Balaban J connectivity index is 2.14. The van der Waals surface area contributed by atoms with Crippen LogP contribution in [0.4, 0.5) is 5.69 Å². The number of imide groups is 1. The molecule has 0 atom stereocenters. The van der Waals surface area contributed by atoms with Crippen molar-refractivity contribution in [2.45, 2.75) is 13.8 Å². The van der Waals surface area contributed by atoms with E-state index in [-0.39, 0.29) is 35.5 Å². The number of rotatable bonds is 3. The first-order valence-electron chi connectivity index (χ1n) is 6.02. The summed E-state index contributed by atoms with van der Waals surface area (Å²) >= 11 is 0. The van der Waals surface area contributed by atoms with E-state index in [1.54, 1.807) is 6.07 Å². The summed E-state index contributed by atoms with van der Waals surface area (Å²) < 4.78 is 0. The highest BCUT2D eigenvalue weighted by atomic mass is 16.3. The monoisotopic (exact) mass is 274 g/mol. The topological polar surface area (TPSA) is 86.7 Å². The van der Waals surface area contributed by atoms with E-state index < -0.39 is 0 Å². The van der Waals surface area contributed by atoms with E-state index in [9.17, 15) is 19.5 Å². The standard InChI is InChI=1S/C14H14N2O4/c1-8(17)12-4-3-10(5-13(12)19)15-11-6-14(20)16(7-11)9(2)18/h3-6,15,19H,7H2,1-2H3. The van der Waals surface area contributed by atoms with E-state index in [4.69, 9.17) is 0 Å². The summed E-state index contributed by atoms with van der Waals surface area (Å²) in [4.78, 5) is 35.0. The van der Waals surface area contributed by atoms with Crippen LogP contribution < -0.4 is 5.32 Å². The van der Waals surface area contributed by atoms with Crippen LogP contribution >= 0.6 is 0 Å². The highest BCUT2D eigenvalue weighted by molar-refractivity contribution is 6.03. The van der Waals surface area contributed by atoms with Gasteiger partial charge in [-0.15, -0.1) is 0 Å². The summed E-state index contributed by atoms with van der Waals surface area (Å²) in [7, 11) is 0. The number of nitrogens with one attached hydrogen (secondary N) is 1. The molecule has 0 aliphatic carbocycles. The average Bonchev–Trinajstić information content (AvgIpc) is 2.70. The lowest BCUT2D eigenvalue weighted by molar-refractivity contribution is -0.138. The summed E-state index contributed by atoms with van der Waals surface area (Å²) in [5, 5.41) is 12.7. The fraction of sp³-hybridized carbons (Fsp3) is 0.214. The lowest BCUT2D eigenvalue weighted by Crippen LogP contribution is -2.31. The molecule has 0 unspecified atom stereocenters. The van der Waals surface area contributed by atoms with Crippen LogP contribution in [0, 0.1) is 0 Å². The van der Waals surface area contributed by atoms with Crippen molar-refractivity contribution in [3.8, 4) is 5.75 Å². The van der Waals surface area contributed by atoms with E-state index in [2.05, 4.69) is 5.32 Å². The predicted molar refractivity (Wildman–Crippen MR) is 72.2 cm³/mol. The van der Waals surface area contributed by atoms with Crippen molar-refractivity contribution in [3.63, 3.8) is 0 Å². The molecule has 0 saturated heterocycles. The molecule has 0 saturated carbocycles. The zero-order valence-electron chi connectivity index (χ0n) is 11.1. The number of carbonyl (C=O) groups excluding carboxylic acids is 3. The number of aromatic hydroxyl groups is 1. The smallest absolute Gasteiger partial charge is 0.255 e. The lowest BCUT2D eigenvalue weighted by Gasteiger charge is -2.13. The van der Waals surface area contributed by atoms with E-state index in [1.807, 2.05) is 0 Å². The van der Waals surface area contributed by atoms with Gasteiger partial charge in [-0.05, 0) is 19.1 Å². The molecule has 1 aliphatic rings. The van der Waals surface area contributed by atoms with E-state index in [1.165, 1.54) is 32.1 Å². The Morgan fingerprint density at radius 3 is 2.50 bits per heavy atom. The van der Waals surface area contributed by atoms with Crippen molar-refractivity contribution in [3.05, 3.63) is 35.5 Å². The third-order valence-corrected chi connectivity index (χ3v) is 2.95. The number of ketones is 1. The highest BCUT2D eigenvalue weighted by Crippen LogP contribution is 2.24. The third kappa shape index (κ3) is 2.69. The number of Topliss-reactive ketones (excluding diaryl/α,β-unsaturated/α-hetero) is 1. The molecule has 1 aromatic carbocycles. The quantitative estimate of drug-likeness (QED) is 0.811. The normalized spacial score (nSPS) is 14.2. The second kappa shape index (κ2) is 5.16. The van der Waals surface area contributed by atoms with Crippen LogP contribution in [0.2, 0.25) is 0 Å². The Bertz CT molecular complexity index is 634. The number of phenolic OH excluding ortho intramolecular Hbond substituents is 1. The van der Waals surface area contributed by atoms with Gasteiger partial charge in [0.15, 0.2) is 5.78 Å². The van der Waals surface area contributed by atoms with Crippen LogP contribution in [0.25, 0.3) is 0 Å². The Morgan fingerprint density at radius 2 is 2.00 bits per heavy atom. The van der Waals surface area contributed by atoms with Crippen LogP contribution in [0.1, 0.15) is 24.2 Å². The zero-order chi connectivity index (χ0) is 14.9. The van der Waals surface area contributed by atoms with Crippen molar-refractivity contribution in [2.75, 3.05) is 11.9 Å². The summed E-state index contributed by atoms with van der Waals surface area (Å²) in [6.45, 7) is 2.86. The molecule has 2 amide bonds. The number of nitrogens with zero attached hydrogens (tertiary/aromatic N) is 1. The van der Waals surface area contributed by atoms with Crippen molar-refractivity contribution in [1.82, 2.24) is 4.90 Å². The average molecular weight is 274 g/mol. The minimum Gasteiger partial charge on any atom is -0.507 e.